The number of benzene rings is 2. The van der Waals surface area contributed by atoms with E-state index in [1.54, 1.807) is 17.2 Å². The van der Waals surface area contributed by atoms with Gasteiger partial charge in [0.05, 0.1) is 17.6 Å². The van der Waals surface area contributed by atoms with Crippen LogP contribution in [-0.2, 0) is 6.54 Å². The molecule has 0 aliphatic carbocycles. The topological polar surface area (TPSA) is 64.7 Å². The lowest BCUT2D eigenvalue weighted by Crippen LogP contribution is -2.25. The molecule has 0 saturated heterocycles. The van der Waals surface area contributed by atoms with Crippen LogP contribution >= 0.6 is 0 Å². The summed E-state index contributed by atoms with van der Waals surface area (Å²) in [5, 5.41) is 7.79. The second kappa shape index (κ2) is 8.78. The normalized spacial score (nSPS) is 10.9. The van der Waals surface area contributed by atoms with E-state index in [0.29, 0.717) is 17.8 Å². The van der Waals surface area contributed by atoms with E-state index < -0.39 is 0 Å². The molecule has 4 rings (SSSR count). The summed E-state index contributed by atoms with van der Waals surface area (Å²) in [4.78, 5) is 17.1. The van der Waals surface area contributed by atoms with Crippen LogP contribution in [0.2, 0.25) is 0 Å². The maximum atomic E-state index is 13.0. The average Bonchev–Trinajstić information content (AvgIpc) is 3.44. The van der Waals surface area contributed by atoms with Crippen LogP contribution in [0.15, 0.2) is 73.4 Å². The number of aromatic nitrogens is 4. The third kappa shape index (κ3) is 4.33. The third-order valence-corrected chi connectivity index (χ3v) is 5.20. The second-order valence-corrected chi connectivity index (χ2v) is 7.38. The molecular formula is C24H25N5O. The smallest absolute Gasteiger partial charge is 0.255 e. The largest absolute Gasteiger partial charge is 0.352 e. The van der Waals surface area contributed by atoms with E-state index in [0.717, 1.165) is 24.2 Å². The summed E-state index contributed by atoms with van der Waals surface area (Å²) in [5.41, 5.74) is 5.51. The van der Waals surface area contributed by atoms with Crippen molar-refractivity contribution in [3.05, 3.63) is 90.1 Å². The Labute approximate surface area is 176 Å². The number of carbonyl (C=O) groups is 1. The summed E-state index contributed by atoms with van der Waals surface area (Å²) in [6.07, 6.45) is 8.10. The Morgan fingerprint density at radius 3 is 2.63 bits per heavy atom. The van der Waals surface area contributed by atoms with E-state index in [9.17, 15) is 4.79 Å². The molecule has 2 aromatic carbocycles. The predicted molar refractivity (Wildman–Crippen MR) is 118 cm³/mol. The van der Waals surface area contributed by atoms with Gasteiger partial charge in [-0.25, -0.2) is 9.67 Å². The van der Waals surface area contributed by atoms with Gasteiger partial charge in [-0.15, -0.1) is 0 Å². The van der Waals surface area contributed by atoms with Gasteiger partial charge in [-0.05, 0) is 49.6 Å². The maximum Gasteiger partial charge on any atom is 0.255 e. The number of para-hydroxylation sites is 1. The highest BCUT2D eigenvalue weighted by Crippen LogP contribution is 2.26. The van der Waals surface area contributed by atoms with Gasteiger partial charge in [0.1, 0.15) is 5.69 Å². The first kappa shape index (κ1) is 19.6. The molecule has 2 heterocycles. The molecule has 4 aromatic rings. The molecule has 2 aromatic heterocycles. The fourth-order valence-electron chi connectivity index (χ4n) is 3.33. The number of hydrogen-bond acceptors (Lipinski definition) is 3. The minimum Gasteiger partial charge on any atom is -0.352 e. The van der Waals surface area contributed by atoms with Crippen LogP contribution in [0.3, 0.4) is 0 Å². The number of nitrogens with zero attached hydrogens (tertiary/aromatic N) is 4. The van der Waals surface area contributed by atoms with Crippen molar-refractivity contribution in [3.63, 3.8) is 0 Å². The summed E-state index contributed by atoms with van der Waals surface area (Å²) < 4.78 is 3.77. The van der Waals surface area contributed by atoms with E-state index in [4.69, 9.17) is 5.10 Å². The molecule has 0 aliphatic rings. The minimum absolute atomic E-state index is 0.115. The first-order valence-corrected chi connectivity index (χ1v) is 10.1. The van der Waals surface area contributed by atoms with Gasteiger partial charge in [0.25, 0.3) is 5.91 Å². The van der Waals surface area contributed by atoms with Crippen molar-refractivity contribution in [2.45, 2.75) is 26.8 Å². The molecule has 0 unspecified atom stereocenters. The van der Waals surface area contributed by atoms with Crippen LogP contribution in [0.1, 0.15) is 27.9 Å². The fraction of sp³-hybridized carbons (Fsp3) is 0.208. The zero-order valence-corrected chi connectivity index (χ0v) is 17.2. The van der Waals surface area contributed by atoms with Gasteiger partial charge in [-0.3, -0.25) is 4.79 Å². The van der Waals surface area contributed by atoms with Gasteiger partial charge in [0.2, 0.25) is 0 Å². The highest BCUT2D eigenvalue weighted by atomic mass is 16.1. The van der Waals surface area contributed by atoms with Crippen molar-refractivity contribution in [1.82, 2.24) is 24.6 Å². The average molecular weight is 399 g/mol. The Balaban J connectivity index is 1.58. The van der Waals surface area contributed by atoms with Gasteiger partial charge in [-0.2, -0.15) is 5.10 Å². The number of carbonyl (C=O) groups excluding carboxylic acids is 1. The van der Waals surface area contributed by atoms with Crippen LogP contribution in [0.4, 0.5) is 0 Å². The number of imidazole rings is 1. The molecule has 0 atom stereocenters. The molecule has 0 fully saturated rings. The lowest BCUT2D eigenvalue weighted by molar-refractivity contribution is 0.0953. The molecule has 6 heteroatoms. The molecule has 30 heavy (non-hydrogen) atoms. The van der Waals surface area contributed by atoms with Crippen LogP contribution in [0.5, 0.6) is 0 Å². The SMILES string of the molecule is Cc1ccc(-c2nn(-c3ccccc3)cc2C(=O)NCCCn2ccnc2)cc1C. The summed E-state index contributed by atoms with van der Waals surface area (Å²) in [6, 6.07) is 16.0. The quantitative estimate of drug-likeness (QED) is 0.474. The Bertz CT molecular complexity index is 1130. The van der Waals surface area contributed by atoms with Crippen molar-refractivity contribution in [1.29, 1.82) is 0 Å². The Morgan fingerprint density at radius 2 is 1.90 bits per heavy atom. The molecule has 0 spiro atoms. The van der Waals surface area contributed by atoms with Gasteiger partial charge < -0.3 is 9.88 Å². The fourth-order valence-corrected chi connectivity index (χ4v) is 3.33. The third-order valence-electron chi connectivity index (χ3n) is 5.20. The maximum absolute atomic E-state index is 13.0. The molecule has 0 bridgehead atoms. The van der Waals surface area contributed by atoms with Crippen LogP contribution in [-0.4, -0.2) is 31.8 Å². The Hall–Kier alpha value is -3.67. The molecule has 0 radical (unpaired) electrons. The number of nitrogens with one attached hydrogen (secondary N) is 1. The monoisotopic (exact) mass is 399 g/mol. The zero-order valence-electron chi connectivity index (χ0n) is 17.2. The summed E-state index contributed by atoms with van der Waals surface area (Å²) >= 11 is 0. The van der Waals surface area contributed by atoms with Crippen LogP contribution in [0.25, 0.3) is 16.9 Å². The van der Waals surface area contributed by atoms with Crippen molar-refractivity contribution >= 4 is 5.91 Å². The molecule has 6 nitrogen and oxygen atoms in total. The van der Waals surface area contributed by atoms with Crippen molar-refractivity contribution in [2.24, 2.45) is 0 Å². The van der Waals surface area contributed by atoms with E-state index in [1.165, 1.54) is 11.1 Å². The first-order valence-electron chi connectivity index (χ1n) is 10.1. The van der Waals surface area contributed by atoms with Gasteiger partial charge in [0.15, 0.2) is 0 Å². The summed E-state index contributed by atoms with van der Waals surface area (Å²) in [7, 11) is 0. The first-order chi connectivity index (χ1) is 14.6. The number of hydrogen-bond donors (Lipinski definition) is 1. The van der Waals surface area contributed by atoms with E-state index in [1.807, 2.05) is 53.4 Å². The van der Waals surface area contributed by atoms with Crippen LogP contribution in [0, 0.1) is 13.8 Å². The Kier molecular flexibility index (Phi) is 5.75. The standard InChI is InChI=1S/C24H25N5O/c1-18-9-10-20(15-19(18)2)23-22(16-29(27-23)21-7-4-3-5-8-21)24(30)26-11-6-13-28-14-12-25-17-28/h3-5,7-10,12,14-17H,6,11,13H2,1-2H3,(H,26,30). The second-order valence-electron chi connectivity index (χ2n) is 7.38. The summed E-state index contributed by atoms with van der Waals surface area (Å²) in [5.74, 6) is -0.115. The van der Waals surface area contributed by atoms with Gasteiger partial charge in [-0.1, -0.05) is 30.3 Å². The Morgan fingerprint density at radius 1 is 1.07 bits per heavy atom. The summed E-state index contributed by atoms with van der Waals surface area (Å²) in [6.45, 7) is 5.55. The molecule has 1 N–H and O–H groups in total. The molecular weight excluding hydrogens is 374 g/mol. The number of rotatable bonds is 7. The predicted octanol–water partition coefficient (Wildman–Crippen LogP) is 4.17. The zero-order chi connectivity index (χ0) is 20.9. The lowest BCUT2D eigenvalue weighted by atomic mass is 10.0. The van der Waals surface area contributed by atoms with Crippen molar-refractivity contribution < 1.29 is 4.79 Å². The van der Waals surface area contributed by atoms with E-state index in [-0.39, 0.29) is 5.91 Å². The van der Waals surface area contributed by atoms with Crippen molar-refractivity contribution in [2.75, 3.05) is 6.54 Å². The van der Waals surface area contributed by atoms with Gasteiger partial charge >= 0.3 is 0 Å². The number of amides is 1. The highest BCUT2D eigenvalue weighted by molar-refractivity contribution is 6.00. The minimum atomic E-state index is -0.115. The molecule has 0 aliphatic heterocycles. The van der Waals surface area contributed by atoms with E-state index in [2.05, 4.69) is 36.3 Å². The molecule has 152 valence electrons. The lowest BCUT2D eigenvalue weighted by Gasteiger charge is -2.07. The van der Waals surface area contributed by atoms with Gasteiger partial charge in [0, 0.05) is 37.2 Å². The highest BCUT2D eigenvalue weighted by Gasteiger charge is 2.18. The van der Waals surface area contributed by atoms with E-state index >= 15 is 0 Å². The molecule has 1 amide bonds. The van der Waals surface area contributed by atoms with Crippen molar-refractivity contribution in [3.8, 4) is 16.9 Å². The molecule has 0 saturated carbocycles. The number of aryl methyl sites for hydroxylation is 3. The van der Waals surface area contributed by atoms with Crippen LogP contribution < -0.4 is 5.32 Å².